The van der Waals surface area contributed by atoms with Gasteiger partial charge in [0.1, 0.15) is 12.2 Å². The molecule has 0 aromatic rings. The van der Waals surface area contributed by atoms with Gasteiger partial charge in [-0.25, -0.2) is 0 Å². The van der Waals surface area contributed by atoms with E-state index in [1.54, 1.807) is 0 Å². The van der Waals surface area contributed by atoms with E-state index in [9.17, 15) is 19.8 Å². The highest BCUT2D eigenvalue weighted by Crippen LogP contribution is 2.05. The maximum atomic E-state index is 9.63. The maximum absolute atomic E-state index is 9.63. The van der Waals surface area contributed by atoms with E-state index < -0.39 is 24.1 Å². The molecule has 0 aromatic heterocycles. The second-order valence-corrected chi connectivity index (χ2v) is 7.97. The molecule has 0 aliphatic carbocycles. The minimum atomic E-state index is -2.44. The highest BCUT2D eigenvalue weighted by atomic mass is 16.4. The summed E-state index contributed by atoms with van der Waals surface area (Å²) < 4.78 is 2.21. The van der Waals surface area contributed by atoms with Crippen LogP contribution >= 0.6 is 0 Å². The predicted molar refractivity (Wildman–Crippen MR) is 86.3 cm³/mol. The number of carbonyl (C=O) groups is 2. The second-order valence-electron chi connectivity index (χ2n) is 7.97. The van der Waals surface area contributed by atoms with Gasteiger partial charge in [0.05, 0.1) is 67.3 Å². The smallest absolute Gasteiger partial charge is 0.124 e. The van der Waals surface area contributed by atoms with Gasteiger partial charge in [0.2, 0.25) is 0 Å². The topological polar surface area (TPSA) is 121 Å². The molecule has 0 bridgehead atoms. The van der Waals surface area contributed by atoms with E-state index in [-0.39, 0.29) is 0 Å². The van der Waals surface area contributed by atoms with Crippen molar-refractivity contribution < 1.29 is 39.0 Å². The molecule has 8 nitrogen and oxygen atoms in total. The van der Waals surface area contributed by atoms with Gasteiger partial charge in [0, 0.05) is 0 Å². The third-order valence-electron chi connectivity index (χ3n) is 3.19. The number of aliphatic hydroxyl groups excluding tert-OH is 2. The highest BCUT2D eigenvalue weighted by Gasteiger charge is 2.17. The zero-order chi connectivity index (χ0) is 19.6. The lowest BCUT2D eigenvalue weighted by Crippen LogP contribution is -2.51. The molecule has 0 rings (SSSR count). The average Bonchev–Trinajstić information content (AvgIpc) is 2.39. The fourth-order valence-corrected chi connectivity index (χ4v) is 1.78. The molecule has 24 heavy (non-hydrogen) atoms. The van der Waals surface area contributed by atoms with Crippen molar-refractivity contribution in [2.75, 3.05) is 55.4 Å². The molecule has 0 saturated carbocycles. The van der Waals surface area contributed by atoms with E-state index in [1.807, 2.05) is 0 Å². The lowest BCUT2D eigenvalue weighted by molar-refractivity contribution is -0.871. The summed E-state index contributed by atoms with van der Waals surface area (Å²) in [6, 6.07) is 0. The fraction of sp³-hybridized carbons (Fsp3) is 0.875. The van der Waals surface area contributed by atoms with Crippen LogP contribution in [0.3, 0.4) is 0 Å². The van der Waals surface area contributed by atoms with Crippen molar-refractivity contribution in [2.45, 2.75) is 37.9 Å². The van der Waals surface area contributed by atoms with E-state index in [0.717, 1.165) is 8.97 Å². The van der Waals surface area contributed by atoms with Crippen LogP contribution in [0, 0.1) is 0 Å². The van der Waals surface area contributed by atoms with Crippen LogP contribution in [0.25, 0.3) is 0 Å². The molecule has 2 unspecified atom stereocenters. The van der Waals surface area contributed by atoms with E-state index in [2.05, 4.69) is 42.3 Å². The van der Waals surface area contributed by atoms with Crippen molar-refractivity contribution >= 4 is 11.9 Å². The minimum absolute atomic E-state index is 1.11. The van der Waals surface area contributed by atoms with Gasteiger partial charge in [0.15, 0.2) is 0 Å². The lowest BCUT2D eigenvalue weighted by atomic mass is 10.1. The number of rotatable bonds is 10. The molecule has 0 spiro atoms. The van der Waals surface area contributed by atoms with Crippen molar-refractivity contribution in [1.82, 2.24) is 0 Å². The van der Waals surface area contributed by atoms with Crippen molar-refractivity contribution in [3.63, 3.8) is 0 Å². The molecule has 2 N–H and O–H groups in total. The molecule has 0 aliphatic rings. The molecule has 0 radical (unpaired) electrons. The lowest BCUT2D eigenvalue weighted by Gasteiger charge is -2.25. The van der Waals surface area contributed by atoms with E-state index in [1.165, 1.54) is 38.8 Å². The molecule has 2 atom stereocenters. The van der Waals surface area contributed by atoms with Crippen LogP contribution in [-0.4, -0.2) is 98.7 Å². The number of carbonyl (C=O) groups excluding carboxylic acids is 2. The normalized spacial score (nSPS) is 14.3. The van der Waals surface area contributed by atoms with Gasteiger partial charge in [-0.1, -0.05) is 0 Å². The number of aliphatic carboxylic acids is 2. The molecule has 144 valence electrons. The summed E-state index contributed by atoms with van der Waals surface area (Å²) in [6.07, 6.45) is 0.668. The largest absolute Gasteiger partial charge is 0.547 e. The molecule has 0 amide bonds. The number of unbranched alkanes of at least 4 members (excludes halogenated alkanes) is 3. The van der Waals surface area contributed by atoms with Crippen LogP contribution in [0.15, 0.2) is 0 Å². The Morgan fingerprint density at radius 2 is 0.958 bits per heavy atom. The Labute approximate surface area is 145 Å². The molecule has 8 heteroatoms. The summed E-state index contributed by atoms with van der Waals surface area (Å²) in [7, 11) is 13.6. The Balaban J connectivity index is 0. The molecular weight excluding hydrogens is 316 g/mol. The molecule has 0 saturated heterocycles. The highest BCUT2D eigenvalue weighted by molar-refractivity contribution is 5.80. The quantitative estimate of drug-likeness (QED) is 0.324. The van der Waals surface area contributed by atoms with Crippen molar-refractivity contribution in [3.05, 3.63) is 0 Å². The first-order valence-electron chi connectivity index (χ1n) is 8.06. The summed E-state index contributed by atoms with van der Waals surface area (Å²) in [5.74, 6) is -4.12. The molecular formula is C16H34N2O6. The third kappa shape index (κ3) is 17.1. The van der Waals surface area contributed by atoms with Crippen molar-refractivity contribution in [3.8, 4) is 0 Å². The Bertz CT molecular complexity index is 338. The Morgan fingerprint density at radius 3 is 1.12 bits per heavy atom. The number of aliphatic hydroxyl groups is 2. The van der Waals surface area contributed by atoms with Crippen LogP contribution in [0.1, 0.15) is 25.7 Å². The van der Waals surface area contributed by atoms with Gasteiger partial charge in [0.25, 0.3) is 0 Å². The predicted octanol–water partition coefficient (Wildman–Crippen LogP) is -2.83. The number of quaternary nitrogens is 2. The third-order valence-corrected chi connectivity index (χ3v) is 3.19. The van der Waals surface area contributed by atoms with Gasteiger partial charge in [-0.3, -0.25) is 0 Å². The Kier molecular flexibility index (Phi) is 11.8. The standard InChI is InChI=1S/C12H30N2.C4H6O6/c1-13(2,3)11-9-7-8-10-12-14(4,5)6;5-1(3(7)8)2(6)4(9)10/h7-12H2,1-6H3;1-2,5-6H,(H,7,8)(H,9,10)/q+2;/p-2. The average molecular weight is 350 g/mol. The summed E-state index contributed by atoms with van der Waals surface area (Å²) in [5, 5.41) is 35.7. The summed E-state index contributed by atoms with van der Waals surface area (Å²) in [5.41, 5.74) is 0. The molecule has 0 aliphatic heterocycles. The molecule has 0 aromatic carbocycles. The zero-order valence-electron chi connectivity index (χ0n) is 15.8. The van der Waals surface area contributed by atoms with Crippen LogP contribution < -0.4 is 10.2 Å². The number of hydrogen-bond donors (Lipinski definition) is 2. The van der Waals surface area contributed by atoms with Gasteiger partial charge >= 0.3 is 0 Å². The Hall–Kier alpha value is -1.22. The van der Waals surface area contributed by atoms with Crippen LogP contribution in [0.4, 0.5) is 0 Å². The number of carboxylic acids is 2. The molecule has 0 heterocycles. The second kappa shape index (κ2) is 11.4. The number of carboxylic acid groups (broad SMARTS) is 2. The van der Waals surface area contributed by atoms with Gasteiger partial charge in [-0.15, -0.1) is 0 Å². The Morgan fingerprint density at radius 1 is 0.708 bits per heavy atom. The van der Waals surface area contributed by atoms with E-state index in [4.69, 9.17) is 10.2 Å². The molecule has 0 fully saturated rings. The van der Waals surface area contributed by atoms with Crippen LogP contribution in [-0.2, 0) is 9.59 Å². The minimum Gasteiger partial charge on any atom is -0.547 e. The maximum Gasteiger partial charge on any atom is 0.124 e. The van der Waals surface area contributed by atoms with Gasteiger partial charge < -0.3 is 39.0 Å². The monoisotopic (exact) mass is 350 g/mol. The van der Waals surface area contributed by atoms with Gasteiger partial charge in [-0.05, 0) is 25.7 Å². The SMILES string of the molecule is C[N+](C)(C)CCCCCC[N+](C)(C)C.O=C([O-])C(O)C(O)C(=O)[O-]. The van der Waals surface area contributed by atoms with Gasteiger partial charge in [-0.2, -0.15) is 0 Å². The van der Waals surface area contributed by atoms with E-state index in [0.29, 0.717) is 0 Å². The number of nitrogens with zero attached hydrogens (tertiary/aromatic N) is 2. The van der Waals surface area contributed by atoms with Crippen LogP contribution in [0.2, 0.25) is 0 Å². The first kappa shape index (κ1) is 25.0. The number of hydrogen-bond acceptors (Lipinski definition) is 6. The van der Waals surface area contributed by atoms with Crippen LogP contribution in [0.5, 0.6) is 0 Å². The van der Waals surface area contributed by atoms with Crippen molar-refractivity contribution in [1.29, 1.82) is 0 Å². The summed E-state index contributed by atoms with van der Waals surface area (Å²) >= 11 is 0. The zero-order valence-corrected chi connectivity index (χ0v) is 15.8. The first-order chi connectivity index (χ1) is 10.7. The summed E-state index contributed by atoms with van der Waals surface area (Å²) in [4.78, 5) is 19.3. The van der Waals surface area contributed by atoms with Crippen molar-refractivity contribution in [2.24, 2.45) is 0 Å². The first-order valence-corrected chi connectivity index (χ1v) is 8.06. The van der Waals surface area contributed by atoms with E-state index >= 15 is 0 Å². The summed E-state index contributed by atoms with van der Waals surface area (Å²) in [6.45, 7) is 2.62. The fourth-order valence-electron chi connectivity index (χ4n) is 1.78.